The summed E-state index contributed by atoms with van der Waals surface area (Å²) in [4.78, 5) is 13.2. The molecule has 0 aliphatic carbocycles. The van der Waals surface area contributed by atoms with Gasteiger partial charge in [-0.2, -0.15) is 0 Å². The zero-order chi connectivity index (χ0) is 13.1. The van der Waals surface area contributed by atoms with Gasteiger partial charge < -0.3 is 13.7 Å². The van der Waals surface area contributed by atoms with Crippen molar-refractivity contribution in [1.82, 2.24) is 15.1 Å². The molecule has 0 aliphatic heterocycles. The summed E-state index contributed by atoms with van der Waals surface area (Å²) in [7, 11) is 3.42. The average Bonchev–Trinajstić information content (AvgIpc) is 2.96. The second kappa shape index (κ2) is 5.26. The van der Waals surface area contributed by atoms with Crippen LogP contribution in [-0.4, -0.2) is 40.3 Å². The summed E-state index contributed by atoms with van der Waals surface area (Å²) in [6.45, 7) is 1.80. The average molecular weight is 267 g/mol. The molecule has 0 spiro atoms. The van der Waals surface area contributed by atoms with Crippen LogP contribution in [0.15, 0.2) is 32.5 Å². The Morgan fingerprint density at radius 1 is 1.44 bits per heavy atom. The van der Waals surface area contributed by atoms with Gasteiger partial charge in [-0.25, -0.2) is 0 Å². The minimum Gasteiger partial charge on any atom is -0.459 e. The zero-order valence-corrected chi connectivity index (χ0v) is 11.1. The Morgan fingerprint density at radius 2 is 2.22 bits per heavy atom. The van der Waals surface area contributed by atoms with E-state index in [2.05, 4.69) is 10.2 Å². The molecule has 0 aromatic carbocycles. The van der Waals surface area contributed by atoms with Crippen molar-refractivity contribution >= 4 is 17.7 Å². The maximum Gasteiger partial charge on any atom is 0.284 e. The van der Waals surface area contributed by atoms with Crippen LogP contribution in [-0.2, 0) is 4.79 Å². The molecule has 0 saturated heterocycles. The van der Waals surface area contributed by atoms with Crippen LogP contribution in [0.2, 0.25) is 0 Å². The van der Waals surface area contributed by atoms with E-state index in [0.717, 1.165) is 0 Å². The molecule has 0 bridgehead atoms. The normalized spacial score (nSPS) is 12.4. The molecular formula is C11H13N3O3S. The van der Waals surface area contributed by atoms with E-state index in [-0.39, 0.29) is 11.2 Å². The van der Waals surface area contributed by atoms with E-state index >= 15 is 0 Å². The lowest BCUT2D eigenvalue weighted by Gasteiger charge is -2.14. The molecule has 6 nitrogen and oxygen atoms in total. The van der Waals surface area contributed by atoms with Crippen LogP contribution in [0.25, 0.3) is 11.7 Å². The van der Waals surface area contributed by atoms with Gasteiger partial charge in [-0.1, -0.05) is 11.8 Å². The van der Waals surface area contributed by atoms with Crippen LogP contribution >= 0.6 is 11.8 Å². The number of hydrogen-bond donors (Lipinski definition) is 0. The quantitative estimate of drug-likeness (QED) is 0.788. The Labute approximate surface area is 108 Å². The molecule has 1 atom stereocenters. The smallest absolute Gasteiger partial charge is 0.284 e. The topological polar surface area (TPSA) is 72.4 Å². The van der Waals surface area contributed by atoms with Crippen LogP contribution in [0.4, 0.5) is 0 Å². The molecule has 0 saturated carbocycles. The number of nitrogens with zero attached hydrogens (tertiary/aromatic N) is 3. The van der Waals surface area contributed by atoms with E-state index in [1.54, 1.807) is 33.2 Å². The summed E-state index contributed by atoms with van der Waals surface area (Å²) in [5, 5.41) is 7.81. The highest BCUT2D eigenvalue weighted by Gasteiger charge is 2.20. The van der Waals surface area contributed by atoms with E-state index in [9.17, 15) is 4.79 Å². The number of rotatable bonds is 4. The molecular weight excluding hydrogens is 254 g/mol. The monoisotopic (exact) mass is 267 g/mol. The van der Waals surface area contributed by atoms with Gasteiger partial charge >= 0.3 is 0 Å². The highest BCUT2D eigenvalue weighted by atomic mass is 32.2. The molecule has 0 N–H and O–H groups in total. The molecule has 0 unspecified atom stereocenters. The molecule has 7 heteroatoms. The van der Waals surface area contributed by atoms with E-state index in [1.165, 1.54) is 22.9 Å². The molecule has 0 radical (unpaired) electrons. The van der Waals surface area contributed by atoms with Crippen molar-refractivity contribution < 1.29 is 13.6 Å². The van der Waals surface area contributed by atoms with E-state index < -0.39 is 0 Å². The summed E-state index contributed by atoms with van der Waals surface area (Å²) in [6, 6.07) is 3.47. The van der Waals surface area contributed by atoms with Gasteiger partial charge in [0.15, 0.2) is 5.76 Å². The van der Waals surface area contributed by atoms with Crippen LogP contribution in [0.5, 0.6) is 0 Å². The number of carbonyl (C=O) groups is 1. The fourth-order valence-corrected chi connectivity index (χ4v) is 2.15. The molecule has 2 aromatic rings. The molecule has 0 aliphatic rings. The summed E-state index contributed by atoms with van der Waals surface area (Å²) < 4.78 is 10.5. The number of hydrogen-bond acceptors (Lipinski definition) is 6. The van der Waals surface area contributed by atoms with Crippen molar-refractivity contribution in [3.8, 4) is 11.7 Å². The zero-order valence-electron chi connectivity index (χ0n) is 10.3. The van der Waals surface area contributed by atoms with Crippen LogP contribution in [0.1, 0.15) is 6.92 Å². The minimum absolute atomic E-state index is 0.00208. The predicted octanol–water partition coefficient (Wildman–Crippen LogP) is 1.90. The maximum absolute atomic E-state index is 11.7. The van der Waals surface area contributed by atoms with Gasteiger partial charge in [-0.15, -0.1) is 10.2 Å². The Balaban J connectivity index is 2.05. The highest BCUT2D eigenvalue weighted by Crippen LogP contribution is 2.26. The van der Waals surface area contributed by atoms with E-state index in [1.807, 2.05) is 0 Å². The van der Waals surface area contributed by atoms with Gasteiger partial charge in [-0.05, 0) is 19.1 Å². The maximum atomic E-state index is 11.7. The number of amides is 1. The Hall–Kier alpha value is -1.76. The van der Waals surface area contributed by atoms with Crippen molar-refractivity contribution in [2.45, 2.75) is 17.4 Å². The first-order valence-corrected chi connectivity index (χ1v) is 6.21. The third kappa shape index (κ3) is 2.73. The van der Waals surface area contributed by atoms with E-state index in [4.69, 9.17) is 8.83 Å². The lowest BCUT2D eigenvalue weighted by Crippen LogP contribution is -2.29. The first kappa shape index (κ1) is 12.7. The van der Waals surface area contributed by atoms with Gasteiger partial charge in [0.05, 0.1) is 11.5 Å². The van der Waals surface area contributed by atoms with Gasteiger partial charge in [0.25, 0.3) is 11.1 Å². The lowest BCUT2D eigenvalue weighted by molar-refractivity contribution is -0.127. The molecule has 2 aromatic heterocycles. The summed E-state index contributed by atoms with van der Waals surface area (Å²) in [5.41, 5.74) is 0. The molecule has 96 valence electrons. The second-order valence-electron chi connectivity index (χ2n) is 3.84. The molecule has 18 heavy (non-hydrogen) atoms. The Kier molecular flexibility index (Phi) is 3.71. The van der Waals surface area contributed by atoms with Crippen LogP contribution < -0.4 is 0 Å². The van der Waals surface area contributed by atoms with Gasteiger partial charge in [0.2, 0.25) is 5.91 Å². The van der Waals surface area contributed by atoms with Crippen molar-refractivity contribution in [2.75, 3.05) is 14.1 Å². The Bertz CT molecular complexity index is 521. The first-order valence-electron chi connectivity index (χ1n) is 5.33. The first-order chi connectivity index (χ1) is 8.58. The number of aromatic nitrogens is 2. The fourth-order valence-electron chi connectivity index (χ4n) is 1.32. The third-order valence-corrected chi connectivity index (χ3v) is 3.13. The van der Waals surface area contributed by atoms with Gasteiger partial charge in [-0.3, -0.25) is 4.79 Å². The summed E-state index contributed by atoms with van der Waals surface area (Å²) in [6.07, 6.45) is 1.53. The van der Waals surface area contributed by atoms with E-state index in [0.29, 0.717) is 16.9 Å². The summed E-state index contributed by atoms with van der Waals surface area (Å²) >= 11 is 1.22. The van der Waals surface area contributed by atoms with Crippen molar-refractivity contribution in [1.29, 1.82) is 0 Å². The SMILES string of the molecule is C[C@H](Sc1nnc(-c2ccco2)o1)C(=O)N(C)C. The van der Waals surface area contributed by atoms with Crippen LogP contribution in [0.3, 0.4) is 0 Å². The molecule has 0 fully saturated rings. The van der Waals surface area contributed by atoms with Crippen molar-refractivity contribution in [2.24, 2.45) is 0 Å². The summed E-state index contributed by atoms with van der Waals surface area (Å²) in [5.74, 6) is 0.825. The van der Waals surface area contributed by atoms with Crippen molar-refractivity contribution in [3.05, 3.63) is 18.4 Å². The lowest BCUT2D eigenvalue weighted by atomic mass is 10.4. The molecule has 2 rings (SSSR count). The fraction of sp³-hybridized carbons (Fsp3) is 0.364. The second-order valence-corrected chi connectivity index (χ2v) is 5.14. The highest BCUT2D eigenvalue weighted by molar-refractivity contribution is 8.00. The number of carbonyl (C=O) groups excluding carboxylic acids is 1. The number of thioether (sulfide) groups is 1. The van der Waals surface area contributed by atoms with Gasteiger partial charge in [0, 0.05) is 14.1 Å². The van der Waals surface area contributed by atoms with Gasteiger partial charge in [0.1, 0.15) is 0 Å². The largest absolute Gasteiger partial charge is 0.459 e. The third-order valence-electron chi connectivity index (χ3n) is 2.20. The van der Waals surface area contributed by atoms with Crippen LogP contribution in [0, 0.1) is 0 Å². The predicted molar refractivity (Wildman–Crippen MR) is 66.0 cm³/mol. The molecule has 2 heterocycles. The number of furan rings is 1. The standard InChI is InChI=1S/C11H13N3O3S/c1-7(10(15)14(2)3)18-11-13-12-9(17-11)8-5-4-6-16-8/h4-7H,1-3H3/t7-/m0/s1. The minimum atomic E-state index is -0.273. The van der Waals surface area contributed by atoms with Crippen molar-refractivity contribution in [3.63, 3.8) is 0 Å². The molecule has 1 amide bonds. The Morgan fingerprint density at radius 3 is 2.83 bits per heavy atom.